The Hall–Kier alpha value is -1.00. The van der Waals surface area contributed by atoms with Gasteiger partial charge >= 0.3 is 0 Å². The van der Waals surface area contributed by atoms with Crippen LogP contribution in [0.25, 0.3) is 0 Å². The first-order valence-electron chi connectivity index (χ1n) is 6.80. The van der Waals surface area contributed by atoms with Gasteiger partial charge in [0.25, 0.3) is 5.91 Å². The number of carbonyl (C=O) groups is 1. The molecule has 1 aliphatic rings. The molecule has 1 aromatic rings. The van der Waals surface area contributed by atoms with Crippen molar-refractivity contribution in [2.45, 2.75) is 17.7 Å². The molecule has 1 heterocycles. The summed E-state index contributed by atoms with van der Waals surface area (Å²) in [5.74, 6) is 0.696. The van der Waals surface area contributed by atoms with E-state index in [1.165, 1.54) is 12.8 Å². The lowest BCUT2D eigenvalue weighted by Gasteiger charge is -2.31. The van der Waals surface area contributed by atoms with Crippen LogP contribution in [0, 0.1) is 5.92 Å². The van der Waals surface area contributed by atoms with Gasteiger partial charge in [0.05, 0.1) is 5.56 Å². The average molecular weight is 278 g/mol. The number of thiol groups is 1. The molecule has 1 saturated heterocycles. The zero-order chi connectivity index (χ0) is 13.8. The van der Waals surface area contributed by atoms with E-state index in [1.54, 1.807) is 0 Å². The molecule has 0 unspecified atom stereocenters. The number of hydrogen-bond acceptors (Lipinski definition) is 3. The van der Waals surface area contributed by atoms with E-state index in [-0.39, 0.29) is 5.91 Å². The predicted octanol–water partition coefficient (Wildman–Crippen LogP) is 2.39. The fourth-order valence-corrected chi connectivity index (χ4v) is 2.83. The van der Waals surface area contributed by atoms with Crippen molar-refractivity contribution in [2.75, 3.05) is 33.7 Å². The largest absolute Gasteiger partial charge is 0.341 e. The summed E-state index contributed by atoms with van der Waals surface area (Å²) in [7, 11) is 4.04. The quantitative estimate of drug-likeness (QED) is 0.858. The zero-order valence-electron chi connectivity index (χ0n) is 11.7. The Morgan fingerprint density at radius 2 is 2.00 bits per heavy atom. The number of piperidine rings is 1. The Morgan fingerprint density at radius 3 is 2.63 bits per heavy atom. The van der Waals surface area contributed by atoms with Crippen molar-refractivity contribution < 1.29 is 4.79 Å². The predicted molar refractivity (Wildman–Crippen MR) is 80.9 cm³/mol. The zero-order valence-corrected chi connectivity index (χ0v) is 12.6. The molecule has 0 atom stereocenters. The molecule has 1 aliphatic heterocycles. The van der Waals surface area contributed by atoms with Gasteiger partial charge in [0.2, 0.25) is 0 Å². The summed E-state index contributed by atoms with van der Waals surface area (Å²) in [5.41, 5.74) is 0.696. The summed E-state index contributed by atoms with van der Waals surface area (Å²) in [5, 5.41) is 0. The lowest BCUT2D eigenvalue weighted by Crippen LogP contribution is -2.38. The SMILES string of the molecule is CN1CCC(CN(C)C(=O)c2ccccc2S)CC1. The summed E-state index contributed by atoms with van der Waals surface area (Å²) >= 11 is 4.36. The van der Waals surface area contributed by atoms with Gasteiger partial charge in [-0.05, 0) is 51.0 Å². The fourth-order valence-electron chi connectivity index (χ4n) is 2.57. The van der Waals surface area contributed by atoms with Gasteiger partial charge in [-0.2, -0.15) is 0 Å². The van der Waals surface area contributed by atoms with Crippen molar-refractivity contribution in [2.24, 2.45) is 5.92 Å². The van der Waals surface area contributed by atoms with E-state index in [4.69, 9.17) is 0 Å². The van der Waals surface area contributed by atoms with Crippen LogP contribution in [0.4, 0.5) is 0 Å². The monoisotopic (exact) mass is 278 g/mol. The summed E-state index contributed by atoms with van der Waals surface area (Å²) < 4.78 is 0. The number of rotatable bonds is 3. The first kappa shape index (κ1) is 14.4. The number of amides is 1. The minimum Gasteiger partial charge on any atom is -0.341 e. The Balaban J connectivity index is 1.94. The number of nitrogens with zero attached hydrogens (tertiary/aromatic N) is 2. The summed E-state index contributed by atoms with van der Waals surface area (Å²) in [4.78, 5) is 17.3. The van der Waals surface area contributed by atoms with Gasteiger partial charge in [0, 0.05) is 18.5 Å². The molecule has 1 fully saturated rings. The molecule has 0 radical (unpaired) electrons. The third kappa shape index (κ3) is 3.74. The average Bonchev–Trinajstić information content (AvgIpc) is 2.41. The van der Waals surface area contributed by atoms with Crippen LogP contribution in [0.1, 0.15) is 23.2 Å². The van der Waals surface area contributed by atoms with Crippen molar-refractivity contribution in [3.05, 3.63) is 29.8 Å². The van der Waals surface area contributed by atoms with Crippen molar-refractivity contribution in [1.29, 1.82) is 0 Å². The highest BCUT2D eigenvalue weighted by Crippen LogP contribution is 2.19. The highest BCUT2D eigenvalue weighted by molar-refractivity contribution is 7.80. The first-order valence-corrected chi connectivity index (χ1v) is 7.24. The van der Waals surface area contributed by atoms with Crippen LogP contribution in [0.2, 0.25) is 0 Å². The fraction of sp³-hybridized carbons (Fsp3) is 0.533. The van der Waals surface area contributed by atoms with Gasteiger partial charge < -0.3 is 9.80 Å². The Labute approximate surface area is 121 Å². The maximum atomic E-state index is 12.4. The number of carbonyl (C=O) groups excluding carboxylic acids is 1. The minimum absolute atomic E-state index is 0.0736. The van der Waals surface area contributed by atoms with Crippen LogP contribution in [-0.4, -0.2) is 49.4 Å². The highest BCUT2D eigenvalue weighted by Gasteiger charge is 2.21. The third-order valence-electron chi connectivity index (χ3n) is 3.85. The van der Waals surface area contributed by atoms with Gasteiger partial charge in [0.15, 0.2) is 0 Å². The third-order valence-corrected chi connectivity index (χ3v) is 4.24. The number of hydrogen-bond donors (Lipinski definition) is 1. The van der Waals surface area contributed by atoms with Crippen LogP contribution in [0.15, 0.2) is 29.2 Å². The Bertz CT molecular complexity index is 442. The molecule has 2 rings (SSSR count). The van der Waals surface area contributed by atoms with Crippen LogP contribution >= 0.6 is 12.6 Å². The van der Waals surface area contributed by atoms with Gasteiger partial charge in [-0.25, -0.2) is 0 Å². The lowest BCUT2D eigenvalue weighted by atomic mass is 9.96. The van der Waals surface area contributed by atoms with Gasteiger partial charge in [-0.1, -0.05) is 12.1 Å². The first-order chi connectivity index (χ1) is 9.08. The maximum Gasteiger partial charge on any atom is 0.254 e. The van der Waals surface area contributed by atoms with E-state index in [0.29, 0.717) is 11.5 Å². The minimum atomic E-state index is 0.0736. The van der Waals surface area contributed by atoms with E-state index in [2.05, 4.69) is 24.6 Å². The number of benzene rings is 1. The van der Waals surface area contributed by atoms with E-state index >= 15 is 0 Å². The molecular formula is C15H22N2OS. The molecule has 1 aromatic carbocycles. The standard InChI is InChI=1S/C15H22N2OS/c1-16-9-7-12(8-10-16)11-17(2)15(18)13-5-3-4-6-14(13)19/h3-6,12,19H,7-11H2,1-2H3. The summed E-state index contributed by atoms with van der Waals surface area (Å²) in [6.07, 6.45) is 2.35. The second-order valence-electron chi connectivity index (χ2n) is 5.45. The molecule has 104 valence electrons. The maximum absolute atomic E-state index is 12.4. The second kappa shape index (κ2) is 6.44. The van der Waals surface area contributed by atoms with Gasteiger partial charge in [0.1, 0.15) is 0 Å². The normalized spacial score (nSPS) is 17.4. The molecular weight excluding hydrogens is 256 g/mol. The van der Waals surface area contributed by atoms with Crippen LogP contribution in [-0.2, 0) is 0 Å². The molecule has 3 nitrogen and oxygen atoms in total. The molecule has 0 N–H and O–H groups in total. The molecule has 0 saturated carbocycles. The second-order valence-corrected chi connectivity index (χ2v) is 5.93. The molecule has 19 heavy (non-hydrogen) atoms. The molecule has 1 amide bonds. The van der Waals surface area contributed by atoms with E-state index in [1.807, 2.05) is 36.2 Å². The smallest absolute Gasteiger partial charge is 0.254 e. The molecule has 0 bridgehead atoms. The van der Waals surface area contributed by atoms with Gasteiger partial charge in [-0.15, -0.1) is 12.6 Å². The Morgan fingerprint density at radius 1 is 1.37 bits per heavy atom. The van der Waals surface area contributed by atoms with E-state index in [0.717, 1.165) is 24.5 Å². The number of likely N-dealkylation sites (tertiary alicyclic amines) is 1. The van der Waals surface area contributed by atoms with Crippen LogP contribution in [0.5, 0.6) is 0 Å². The highest BCUT2D eigenvalue weighted by atomic mass is 32.1. The van der Waals surface area contributed by atoms with Crippen molar-refractivity contribution in [3.8, 4) is 0 Å². The lowest BCUT2D eigenvalue weighted by molar-refractivity contribution is 0.0744. The van der Waals surface area contributed by atoms with Gasteiger partial charge in [-0.3, -0.25) is 4.79 Å². The van der Waals surface area contributed by atoms with Crippen molar-refractivity contribution in [1.82, 2.24) is 9.80 Å². The summed E-state index contributed by atoms with van der Waals surface area (Å²) in [6.45, 7) is 3.11. The summed E-state index contributed by atoms with van der Waals surface area (Å²) in [6, 6.07) is 7.49. The molecule has 0 spiro atoms. The molecule has 0 aromatic heterocycles. The van der Waals surface area contributed by atoms with Crippen LogP contribution < -0.4 is 0 Å². The van der Waals surface area contributed by atoms with Crippen LogP contribution in [0.3, 0.4) is 0 Å². The van der Waals surface area contributed by atoms with E-state index in [9.17, 15) is 4.79 Å². The van der Waals surface area contributed by atoms with Crippen molar-refractivity contribution in [3.63, 3.8) is 0 Å². The Kier molecular flexibility index (Phi) is 4.88. The topological polar surface area (TPSA) is 23.6 Å². The van der Waals surface area contributed by atoms with Crippen molar-refractivity contribution >= 4 is 18.5 Å². The molecule has 0 aliphatic carbocycles. The molecule has 4 heteroatoms. The van der Waals surface area contributed by atoms with E-state index < -0.39 is 0 Å².